The lowest BCUT2D eigenvalue weighted by Crippen LogP contribution is -2.32. The molecule has 6 heteroatoms. The van der Waals surface area contributed by atoms with Gasteiger partial charge in [0.1, 0.15) is 0 Å². The maximum atomic E-state index is 11.5. The highest BCUT2D eigenvalue weighted by molar-refractivity contribution is 8.00. The number of fused-ring (bicyclic) bond motifs is 1. The van der Waals surface area contributed by atoms with Crippen molar-refractivity contribution >= 4 is 40.9 Å². The van der Waals surface area contributed by atoms with Crippen molar-refractivity contribution in [3.8, 4) is 0 Å². The molecule has 0 radical (unpaired) electrons. The lowest BCUT2D eigenvalue weighted by atomic mass is 10.1. The molecule has 0 saturated carbocycles. The number of nitrogens with zero attached hydrogens (tertiary/aromatic N) is 1. The standard InChI is InChI=1S/C10H9ClN2O2S/c1-13-7-3-5(11)2-6(10(12)15)9(7)16-4-8(13)14/h2-3H,4H2,1H3,(H2,12,15). The smallest absolute Gasteiger partial charge is 0.249 e. The van der Waals surface area contributed by atoms with Gasteiger partial charge in [-0.3, -0.25) is 9.59 Å². The van der Waals surface area contributed by atoms with E-state index in [2.05, 4.69) is 0 Å². The van der Waals surface area contributed by atoms with Gasteiger partial charge in [0.25, 0.3) is 0 Å². The number of primary amides is 1. The number of anilines is 1. The van der Waals surface area contributed by atoms with Crippen LogP contribution < -0.4 is 10.6 Å². The van der Waals surface area contributed by atoms with Gasteiger partial charge in [0.2, 0.25) is 11.8 Å². The van der Waals surface area contributed by atoms with Crippen LogP contribution in [-0.2, 0) is 4.79 Å². The number of carbonyl (C=O) groups is 2. The normalized spacial score (nSPS) is 14.9. The number of thioether (sulfide) groups is 1. The molecular weight excluding hydrogens is 248 g/mol. The van der Waals surface area contributed by atoms with Gasteiger partial charge in [-0.1, -0.05) is 11.6 Å². The highest BCUT2D eigenvalue weighted by atomic mass is 35.5. The van der Waals surface area contributed by atoms with Crippen LogP contribution >= 0.6 is 23.4 Å². The van der Waals surface area contributed by atoms with Crippen molar-refractivity contribution in [2.75, 3.05) is 17.7 Å². The summed E-state index contributed by atoms with van der Waals surface area (Å²) in [5, 5.41) is 0.398. The second kappa shape index (κ2) is 3.99. The fraction of sp³-hybridized carbons (Fsp3) is 0.200. The van der Waals surface area contributed by atoms with E-state index in [1.54, 1.807) is 13.1 Å². The molecule has 0 atom stereocenters. The Labute approximate surface area is 102 Å². The van der Waals surface area contributed by atoms with Crippen molar-refractivity contribution in [3.63, 3.8) is 0 Å². The monoisotopic (exact) mass is 256 g/mol. The molecule has 0 aliphatic carbocycles. The molecule has 0 fully saturated rings. The average molecular weight is 257 g/mol. The van der Waals surface area contributed by atoms with Gasteiger partial charge in [0.15, 0.2) is 0 Å². The predicted octanol–water partition coefficient (Wildman–Crippen LogP) is 1.51. The van der Waals surface area contributed by atoms with Gasteiger partial charge in [0.05, 0.1) is 17.0 Å². The minimum atomic E-state index is -0.533. The number of carbonyl (C=O) groups excluding carboxylic acids is 2. The highest BCUT2D eigenvalue weighted by Gasteiger charge is 2.25. The molecule has 0 aromatic heterocycles. The molecule has 1 heterocycles. The Morgan fingerprint density at radius 2 is 2.25 bits per heavy atom. The first-order chi connectivity index (χ1) is 7.50. The summed E-state index contributed by atoms with van der Waals surface area (Å²) in [5.74, 6) is -0.241. The fourth-order valence-electron chi connectivity index (χ4n) is 1.53. The van der Waals surface area contributed by atoms with E-state index in [9.17, 15) is 9.59 Å². The van der Waals surface area contributed by atoms with E-state index in [4.69, 9.17) is 17.3 Å². The third kappa shape index (κ3) is 1.76. The van der Waals surface area contributed by atoms with Crippen LogP contribution in [0.2, 0.25) is 5.02 Å². The van der Waals surface area contributed by atoms with Gasteiger partial charge in [-0.05, 0) is 12.1 Å². The second-order valence-corrected chi connectivity index (χ2v) is 4.83. The van der Waals surface area contributed by atoms with E-state index in [-0.39, 0.29) is 5.91 Å². The van der Waals surface area contributed by atoms with Gasteiger partial charge in [0, 0.05) is 17.0 Å². The molecule has 4 nitrogen and oxygen atoms in total. The van der Waals surface area contributed by atoms with Gasteiger partial charge >= 0.3 is 0 Å². The summed E-state index contributed by atoms with van der Waals surface area (Å²) in [4.78, 5) is 25.0. The quantitative estimate of drug-likeness (QED) is 0.828. The molecule has 0 bridgehead atoms. The first-order valence-electron chi connectivity index (χ1n) is 4.53. The first-order valence-corrected chi connectivity index (χ1v) is 5.89. The van der Waals surface area contributed by atoms with E-state index in [0.717, 1.165) is 4.90 Å². The molecule has 1 aromatic rings. The van der Waals surface area contributed by atoms with Crippen LogP contribution in [0.3, 0.4) is 0 Å². The SMILES string of the molecule is CN1C(=O)CSc2c(C(N)=O)cc(Cl)cc21. The zero-order chi connectivity index (χ0) is 11.9. The molecule has 2 amide bonds. The predicted molar refractivity (Wildman–Crippen MR) is 64.1 cm³/mol. The van der Waals surface area contributed by atoms with Gasteiger partial charge in [-0.25, -0.2) is 0 Å². The lowest BCUT2D eigenvalue weighted by molar-refractivity contribution is -0.116. The summed E-state index contributed by atoms with van der Waals surface area (Å²) in [6.07, 6.45) is 0. The summed E-state index contributed by atoms with van der Waals surface area (Å²) in [6, 6.07) is 3.19. The zero-order valence-electron chi connectivity index (χ0n) is 8.49. The molecule has 1 aromatic carbocycles. The van der Waals surface area contributed by atoms with Crippen LogP contribution in [0.25, 0.3) is 0 Å². The Morgan fingerprint density at radius 3 is 2.88 bits per heavy atom. The minimum absolute atomic E-state index is 0.0183. The Morgan fingerprint density at radius 1 is 1.56 bits per heavy atom. The molecule has 16 heavy (non-hydrogen) atoms. The van der Waals surface area contributed by atoms with Crippen LogP contribution in [0.4, 0.5) is 5.69 Å². The van der Waals surface area contributed by atoms with E-state index >= 15 is 0 Å². The van der Waals surface area contributed by atoms with E-state index in [1.807, 2.05) is 0 Å². The number of hydrogen-bond donors (Lipinski definition) is 1. The molecule has 84 valence electrons. The Balaban J connectivity index is 2.65. The van der Waals surface area contributed by atoms with E-state index in [1.165, 1.54) is 22.7 Å². The third-order valence-electron chi connectivity index (χ3n) is 2.37. The molecule has 0 saturated heterocycles. The molecule has 0 spiro atoms. The average Bonchev–Trinajstić information content (AvgIpc) is 2.23. The van der Waals surface area contributed by atoms with Gasteiger partial charge in [-0.15, -0.1) is 11.8 Å². The van der Waals surface area contributed by atoms with Crippen LogP contribution in [-0.4, -0.2) is 24.6 Å². The fourth-order valence-corrected chi connectivity index (χ4v) is 2.86. The van der Waals surface area contributed by atoms with Gasteiger partial charge < -0.3 is 10.6 Å². The molecule has 2 N–H and O–H groups in total. The van der Waals surface area contributed by atoms with Crippen molar-refractivity contribution in [1.82, 2.24) is 0 Å². The molecule has 0 unspecified atom stereocenters. The maximum Gasteiger partial charge on any atom is 0.249 e. The molecule has 1 aliphatic heterocycles. The number of halogens is 1. The lowest BCUT2D eigenvalue weighted by Gasteiger charge is -2.26. The third-order valence-corrected chi connectivity index (χ3v) is 3.70. The Hall–Kier alpha value is -1.20. The largest absolute Gasteiger partial charge is 0.366 e. The van der Waals surface area contributed by atoms with Crippen LogP contribution in [0.5, 0.6) is 0 Å². The summed E-state index contributed by atoms with van der Waals surface area (Å²) in [7, 11) is 1.65. The van der Waals surface area contributed by atoms with Crippen molar-refractivity contribution in [1.29, 1.82) is 0 Å². The minimum Gasteiger partial charge on any atom is -0.366 e. The zero-order valence-corrected chi connectivity index (χ0v) is 10.1. The molecular formula is C10H9ClN2O2S. The van der Waals surface area contributed by atoms with Crippen LogP contribution in [0, 0.1) is 0 Å². The number of rotatable bonds is 1. The van der Waals surface area contributed by atoms with Crippen molar-refractivity contribution in [2.24, 2.45) is 5.73 Å². The molecule has 1 aliphatic rings. The molecule has 2 rings (SSSR count). The Bertz CT molecular complexity index is 490. The number of benzene rings is 1. The topological polar surface area (TPSA) is 63.4 Å². The number of nitrogens with two attached hydrogens (primary N) is 1. The van der Waals surface area contributed by atoms with E-state index < -0.39 is 5.91 Å². The van der Waals surface area contributed by atoms with Crippen LogP contribution in [0.1, 0.15) is 10.4 Å². The van der Waals surface area contributed by atoms with Crippen LogP contribution in [0.15, 0.2) is 17.0 Å². The first kappa shape index (κ1) is 11.3. The van der Waals surface area contributed by atoms with Gasteiger partial charge in [-0.2, -0.15) is 0 Å². The van der Waals surface area contributed by atoms with Crippen molar-refractivity contribution in [3.05, 3.63) is 22.7 Å². The summed E-state index contributed by atoms with van der Waals surface area (Å²) >= 11 is 7.20. The highest BCUT2D eigenvalue weighted by Crippen LogP contribution is 2.39. The Kier molecular flexibility index (Phi) is 2.82. The summed E-state index contributed by atoms with van der Waals surface area (Å²) in [6.45, 7) is 0. The van der Waals surface area contributed by atoms with Crippen molar-refractivity contribution < 1.29 is 9.59 Å². The number of hydrogen-bond acceptors (Lipinski definition) is 3. The maximum absolute atomic E-state index is 11.5. The number of amides is 2. The van der Waals surface area contributed by atoms with Crippen molar-refractivity contribution in [2.45, 2.75) is 4.90 Å². The summed E-state index contributed by atoms with van der Waals surface area (Å²) < 4.78 is 0. The second-order valence-electron chi connectivity index (χ2n) is 3.41. The summed E-state index contributed by atoms with van der Waals surface area (Å²) in [5.41, 5.74) is 6.28. The van der Waals surface area contributed by atoms with E-state index in [0.29, 0.717) is 22.0 Å².